The van der Waals surface area contributed by atoms with Crippen LogP contribution in [-0.2, 0) is 4.79 Å². The number of rotatable bonds is 5. The van der Waals surface area contributed by atoms with Crippen molar-refractivity contribution in [1.82, 2.24) is 9.97 Å². The van der Waals surface area contributed by atoms with Gasteiger partial charge in [0.25, 0.3) is 0 Å². The highest BCUT2D eigenvalue weighted by Crippen LogP contribution is 2.33. The van der Waals surface area contributed by atoms with E-state index in [-0.39, 0.29) is 11.4 Å². The van der Waals surface area contributed by atoms with E-state index in [0.29, 0.717) is 28.1 Å². The molecule has 7 nitrogen and oxygen atoms in total. The molecular weight excluding hydrogens is 383 g/mol. The van der Waals surface area contributed by atoms with E-state index in [1.165, 1.54) is 18.5 Å². The fourth-order valence-corrected chi connectivity index (χ4v) is 2.82. The fourth-order valence-electron chi connectivity index (χ4n) is 2.64. The first-order valence-electron chi connectivity index (χ1n) is 8.24. The maximum atomic E-state index is 13.4. The monoisotopic (exact) mass is 398 g/mol. The first-order valence-corrected chi connectivity index (χ1v) is 8.62. The second kappa shape index (κ2) is 8.06. The summed E-state index contributed by atoms with van der Waals surface area (Å²) in [6.07, 6.45) is 1.15. The summed E-state index contributed by atoms with van der Waals surface area (Å²) in [4.78, 5) is 22.3. The second-order valence-electron chi connectivity index (χ2n) is 6.14. The molecule has 0 spiro atoms. The maximum Gasteiger partial charge on any atom is 0.238 e. The third kappa shape index (κ3) is 4.10. The summed E-state index contributed by atoms with van der Waals surface area (Å²) in [5, 5.41) is 15.2. The lowest BCUT2D eigenvalue weighted by molar-refractivity contribution is -0.115. The van der Waals surface area contributed by atoms with Crippen LogP contribution in [-0.4, -0.2) is 30.0 Å². The molecule has 0 aliphatic heterocycles. The molecule has 1 aromatic heterocycles. The summed E-state index contributed by atoms with van der Waals surface area (Å²) in [7, 11) is 3.67. The minimum atomic E-state index is -0.516. The van der Waals surface area contributed by atoms with Crippen molar-refractivity contribution >= 4 is 51.3 Å². The molecule has 0 aliphatic carbocycles. The van der Waals surface area contributed by atoms with E-state index in [1.54, 1.807) is 12.1 Å². The maximum absolute atomic E-state index is 13.4. The Morgan fingerprint density at radius 2 is 2.07 bits per heavy atom. The van der Waals surface area contributed by atoms with Crippen LogP contribution in [0.15, 0.2) is 36.7 Å². The molecule has 3 aromatic rings. The van der Waals surface area contributed by atoms with Gasteiger partial charge in [-0.3, -0.25) is 4.79 Å². The zero-order valence-electron chi connectivity index (χ0n) is 15.1. The minimum absolute atomic E-state index is 0.0114. The molecule has 0 saturated heterocycles. The van der Waals surface area contributed by atoms with Gasteiger partial charge in [0, 0.05) is 25.2 Å². The number of carbonyl (C=O) groups is 1. The molecule has 3 rings (SSSR count). The van der Waals surface area contributed by atoms with Gasteiger partial charge in [-0.2, -0.15) is 5.26 Å². The average molecular weight is 399 g/mol. The quantitative estimate of drug-likeness (QED) is 0.672. The Balaban J connectivity index is 2.07. The van der Waals surface area contributed by atoms with Crippen LogP contribution in [0, 0.1) is 17.1 Å². The van der Waals surface area contributed by atoms with Crippen molar-refractivity contribution in [3.05, 3.63) is 47.5 Å². The Kier molecular flexibility index (Phi) is 5.57. The highest BCUT2D eigenvalue weighted by Gasteiger charge is 2.14. The van der Waals surface area contributed by atoms with Crippen LogP contribution in [0.2, 0.25) is 5.02 Å². The topological polar surface area (TPSA) is 93.9 Å². The summed E-state index contributed by atoms with van der Waals surface area (Å²) < 4.78 is 13.4. The van der Waals surface area contributed by atoms with Gasteiger partial charge in [-0.05, 0) is 30.3 Å². The van der Waals surface area contributed by atoms with Crippen molar-refractivity contribution in [3.63, 3.8) is 0 Å². The zero-order valence-corrected chi connectivity index (χ0v) is 15.9. The number of carbonyl (C=O) groups excluding carboxylic acids is 1. The molecule has 0 saturated carbocycles. The number of hydrogen-bond acceptors (Lipinski definition) is 6. The Bertz CT molecular complexity index is 1100. The van der Waals surface area contributed by atoms with E-state index < -0.39 is 11.7 Å². The van der Waals surface area contributed by atoms with Crippen LogP contribution < -0.4 is 15.5 Å². The Labute approximate surface area is 165 Å². The molecule has 0 aliphatic rings. The van der Waals surface area contributed by atoms with Crippen molar-refractivity contribution in [1.29, 1.82) is 5.26 Å². The Morgan fingerprint density at radius 3 is 2.75 bits per heavy atom. The number of nitrogens with zero attached hydrogens (tertiary/aromatic N) is 4. The van der Waals surface area contributed by atoms with Gasteiger partial charge < -0.3 is 15.5 Å². The summed E-state index contributed by atoms with van der Waals surface area (Å²) in [5.41, 5.74) is 2.45. The first kappa shape index (κ1) is 19.3. The van der Waals surface area contributed by atoms with Gasteiger partial charge in [0.15, 0.2) is 0 Å². The van der Waals surface area contributed by atoms with E-state index in [4.69, 9.17) is 16.9 Å². The minimum Gasteiger partial charge on any atom is -0.376 e. The van der Waals surface area contributed by atoms with E-state index in [0.717, 1.165) is 5.69 Å². The summed E-state index contributed by atoms with van der Waals surface area (Å²) in [5.74, 6) is -0.465. The lowest BCUT2D eigenvalue weighted by Crippen LogP contribution is -2.16. The number of benzene rings is 2. The molecule has 1 amide bonds. The number of halogens is 2. The van der Waals surface area contributed by atoms with Crippen molar-refractivity contribution in [2.75, 3.05) is 29.6 Å². The van der Waals surface area contributed by atoms with Gasteiger partial charge in [-0.25, -0.2) is 14.4 Å². The van der Waals surface area contributed by atoms with Crippen molar-refractivity contribution in [2.24, 2.45) is 0 Å². The molecule has 28 heavy (non-hydrogen) atoms. The average Bonchev–Trinajstić information content (AvgIpc) is 2.65. The largest absolute Gasteiger partial charge is 0.376 e. The molecule has 9 heteroatoms. The molecular formula is C19H16ClFN6O. The highest BCUT2D eigenvalue weighted by molar-refractivity contribution is 6.31. The number of fused-ring (bicyclic) bond motifs is 1. The van der Waals surface area contributed by atoms with E-state index in [2.05, 4.69) is 20.6 Å². The molecule has 2 aromatic carbocycles. The smallest absolute Gasteiger partial charge is 0.238 e. The van der Waals surface area contributed by atoms with Crippen LogP contribution >= 0.6 is 11.6 Å². The Morgan fingerprint density at radius 1 is 1.29 bits per heavy atom. The third-order valence-electron chi connectivity index (χ3n) is 3.93. The summed E-state index contributed by atoms with van der Waals surface area (Å²) >= 11 is 5.84. The van der Waals surface area contributed by atoms with Gasteiger partial charge in [0.1, 0.15) is 24.4 Å². The van der Waals surface area contributed by atoms with Gasteiger partial charge in [0.2, 0.25) is 5.91 Å². The van der Waals surface area contributed by atoms with Crippen LogP contribution in [0.5, 0.6) is 0 Å². The van der Waals surface area contributed by atoms with Crippen molar-refractivity contribution in [3.8, 4) is 6.07 Å². The number of amides is 1. The van der Waals surface area contributed by atoms with E-state index >= 15 is 0 Å². The zero-order chi connectivity index (χ0) is 20.3. The molecule has 1 heterocycles. The molecule has 142 valence electrons. The normalized spacial score (nSPS) is 10.4. The fraction of sp³-hybridized carbons (Fsp3) is 0.158. The lowest BCUT2D eigenvalue weighted by atomic mass is 10.1. The Hall–Kier alpha value is -3.44. The molecule has 0 unspecified atom stereocenters. The van der Waals surface area contributed by atoms with E-state index in [1.807, 2.05) is 31.1 Å². The molecule has 0 bridgehead atoms. The van der Waals surface area contributed by atoms with Crippen LogP contribution in [0.3, 0.4) is 0 Å². The van der Waals surface area contributed by atoms with Crippen molar-refractivity contribution < 1.29 is 9.18 Å². The standard InChI is InChI=1S/C19H16ClFN6O/c1-27(2)17-9-15-12(8-16(17)26-18(28)5-6-22)19(24-10-23-15)25-11-3-4-14(21)13(20)7-11/h3-4,7-10H,5H2,1-2H3,(H,26,28)(H,23,24,25). The molecule has 0 radical (unpaired) electrons. The number of nitriles is 1. The number of nitrogens with one attached hydrogen (secondary N) is 2. The third-order valence-corrected chi connectivity index (χ3v) is 4.22. The van der Waals surface area contributed by atoms with Gasteiger partial charge >= 0.3 is 0 Å². The van der Waals surface area contributed by atoms with Gasteiger partial charge in [-0.15, -0.1) is 0 Å². The predicted molar refractivity (Wildman–Crippen MR) is 107 cm³/mol. The van der Waals surface area contributed by atoms with Gasteiger partial charge in [-0.1, -0.05) is 11.6 Å². The summed E-state index contributed by atoms with van der Waals surface area (Å²) in [6, 6.07) is 9.61. The van der Waals surface area contributed by atoms with Crippen LogP contribution in [0.25, 0.3) is 10.9 Å². The van der Waals surface area contributed by atoms with Crippen LogP contribution in [0.4, 0.5) is 27.3 Å². The summed E-state index contributed by atoms with van der Waals surface area (Å²) in [6.45, 7) is 0. The number of aromatic nitrogens is 2. The van der Waals surface area contributed by atoms with Crippen LogP contribution in [0.1, 0.15) is 6.42 Å². The highest BCUT2D eigenvalue weighted by atomic mass is 35.5. The lowest BCUT2D eigenvalue weighted by Gasteiger charge is -2.19. The second-order valence-corrected chi connectivity index (χ2v) is 6.55. The number of anilines is 4. The SMILES string of the molecule is CN(C)c1cc2ncnc(Nc3ccc(F)c(Cl)c3)c2cc1NC(=O)CC#N. The predicted octanol–water partition coefficient (Wildman–Crippen LogP) is 4.08. The van der Waals surface area contributed by atoms with E-state index in [9.17, 15) is 9.18 Å². The molecule has 0 atom stereocenters. The first-order chi connectivity index (χ1) is 13.4. The molecule has 0 fully saturated rings. The molecule has 2 N–H and O–H groups in total. The van der Waals surface area contributed by atoms with Gasteiger partial charge in [0.05, 0.1) is 28.0 Å². The van der Waals surface area contributed by atoms with Crippen molar-refractivity contribution in [2.45, 2.75) is 6.42 Å². The number of hydrogen-bond donors (Lipinski definition) is 2.